The highest BCUT2D eigenvalue weighted by atomic mass is 32.2. The third kappa shape index (κ3) is 4.93. The van der Waals surface area contributed by atoms with Crippen LogP contribution >= 0.6 is 0 Å². The van der Waals surface area contributed by atoms with Crippen LogP contribution in [0.25, 0.3) is 0 Å². The second-order valence-corrected chi connectivity index (χ2v) is 9.55. The first-order chi connectivity index (χ1) is 11.9. The molecule has 2 atom stereocenters. The highest BCUT2D eigenvalue weighted by molar-refractivity contribution is 7.90. The van der Waals surface area contributed by atoms with Gasteiger partial charge in [0.25, 0.3) is 5.69 Å². The van der Waals surface area contributed by atoms with E-state index in [1.807, 2.05) is 13.8 Å². The number of hydrogen-bond donors (Lipinski definition) is 1. The molecule has 0 spiro atoms. The zero-order valence-electron chi connectivity index (χ0n) is 15.9. The van der Waals surface area contributed by atoms with E-state index in [4.69, 9.17) is 4.74 Å². The zero-order chi connectivity index (χ0) is 19.7. The van der Waals surface area contributed by atoms with Crippen LogP contribution in [0.5, 0.6) is 0 Å². The van der Waals surface area contributed by atoms with Crippen molar-refractivity contribution >= 4 is 21.2 Å². The number of morpholine rings is 1. The fourth-order valence-corrected chi connectivity index (χ4v) is 3.78. The highest BCUT2D eigenvalue weighted by Crippen LogP contribution is 2.29. The van der Waals surface area contributed by atoms with Crippen molar-refractivity contribution < 1.29 is 18.1 Å². The van der Waals surface area contributed by atoms with Crippen molar-refractivity contribution in [1.82, 2.24) is 4.90 Å². The summed E-state index contributed by atoms with van der Waals surface area (Å²) in [7, 11) is -3.50. The third-order valence-corrected chi connectivity index (χ3v) is 5.69. The molecule has 1 saturated heterocycles. The molecule has 26 heavy (non-hydrogen) atoms. The van der Waals surface area contributed by atoms with Crippen molar-refractivity contribution in [2.45, 2.75) is 50.3 Å². The van der Waals surface area contributed by atoms with Crippen molar-refractivity contribution in [2.24, 2.45) is 0 Å². The van der Waals surface area contributed by atoms with Crippen LogP contribution in [0, 0.1) is 10.1 Å². The lowest BCUT2D eigenvalue weighted by molar-refractivity contribution is -0.384. The molecule has 0 aromatic heterocycles. The Morgan fingerprint density at radius 1 is 1.31 bits per heavy atom. The van der Waals surface area contributed by atoms with Crippen LogP contribution in [-0.2, 0) is 14.6 Å². The molecule has 9 heteroatoms. The van der Waals surface area contributed by atoms with E-state index in [-0.39, 0.29) is 28.3 Å². The second kappa shape index (κ2) is 7.50. The van der Waals surface area contributed by atoms with Gasteiger partial charge in [-0.3, -0.25) is 15.0 Å². The van der Waals surface area contributed by atoms with Crippen molar-refractivity contribution in [3.05, 3.63) is 28.3 Å². The number of ether oxygens (including phenoxy) is 1. The standard InChI is InChI=1S/C17H27N3O5S/c1-12-9-19(10-13(2)25-12)17(3,4)11-18-15-7-6-14(26(5,23)24)8-16(15)20(21)22/h6-8,12-13,18H,9-11H2,1-5H3/t12-,13+. The Bertz CT molecular complexity index is 769. The first kappa shape index (κ1) is 20.6. The van der Waals surface area contributed by atoms with Crippen molar-refractivity contribution in [3.8, 4) is 0 Å². The molecule has 0 radical (unpaired) electrons. The van der Waals surface area contributed by atoms with Gasteiger partial charge in [0.05, 0.1) is 22.0 Å². The number of rotatable bonds is 6. The summed E-state index contributed by atoms with van der Waals surface area (Å²) in [6, 6.07) is 3.94. The van der Waals surface area contributed by atoms with Gasteiger partial charge in [0.15, 0.2) is 9.84 Å². The van der Waals surface area contributed by atoms with Crippen LogP contribution in [-0.4, -0.2) is 61.9 Å². The minimum atomic E-state index is -3.50. The molecule has 1 aromatic rings. The minimum Gasteiger partial charge on any atom is -0.378 e. The number of nitrogens with zero attached hydrogens (tertiary/aromatic N) is 2. The van der Waals surface area contributed by atoms with E-state index in [0.29, 0.717) is 12.2 Å². The van der Waals surface area contributed by atoms with Gasteiger partial charge in [0.2, 0.25) is 0 Å². The Morgan fingerprint density at radius 3 is 2.38 bits per heavy atom. The summed E-state index contributed by atoms with van der Waals surface area (Å²) in [5, 5.41) is 14.5. The van der Waals surface area contributed by atoms with E-state index >= 15 is 0 Å². The number of sulfone groups is 1. The number of benzene rings is 1. The Hall–Kier alpha value is -1.71. The smallest absolute Gasteiger partial charge is 0.293 e. The van der Waals surface area contributed by atoms with Crippen LogP contribution in [0.15, 0.2) is 23.1 Å². The van der Waals surface area contributed by atoms with Gasteiger partial charge in [-0.25, -0.2) is 8.42 Å². The molecule has 1 aliphatic heterocycles. The summed E-state index contributed by atoms with van der Waals surface area (Å²) in [6.45, 7) is 10.2. The SMILES string of the molecule is C[C@@H]1CN(C(C)(C)CNc2ccc(S(C)(=O)=O)cc2[N+](=O)[O-])C[C@H](C)O1. The van der Waals surface area contributed by atoms with Gasteiger partial charge in [-0.15, -0.1) is 0 Å². The Labute approximate surface area is 154 Å². The fourth-order valence-electron chi connectivity index (χ4n) is 3.14. The maximum absolute atomic E-state index is 11.6. The Balaban J connectivity index is 2.19. The number of hydrogen-bond acceptors (Lipinski definition) is 7. The van der Waals surface area contributed by atoms with E-state index < -0.39 is 14.8 Å². The average molecular weight is 385 g/mol. The van der Waals surface area contributed by atoms with Gasteiger partial charge >= 0.3 is 0 Å². The van der Waals surface area contributed by atoms with Gasteiger partial charge in [0.1, 0.15) is 5.69 Å². The van der Waals surface area contributed by atoms with Crippen molar-refractivity contribution in [1.29, 1.82) is 0 Å². The summed E-state index contributed by atoms with van der Waals surface area (Å²) < 4.78 is 29.0. The van der Waals surface area contributed by atoms with E-state index in [2.05, 4.69) is 24.1 Å². The molecule has 1 aliphatic rings. The molecule has 2 rings (SSSR count). The predicted octanol–water partition coefficient (Wildman–Crippen LogP) is 2.30. The summed E-state index contributed by atoms with van der Waals surface area (Å²) in [5.41, 5.74) is -0.187. The molecule has 146 valence electrons. The van der Waals surface area contributed by atoms with Crippen LogP contribution in [0.4, 0.5) is 11.4 Å². The summed E-state index contributed by atoms with van der Waals surface area (Å²) in [5.74, 6) is 0. The molecule has 1 N–H and O–H groups in total. The van der Waals surface area contributed by atoms with Gasteiger partial charge in [-0.1, -0.05) is 0 Å². The lowest BCUT2D eigenvalue weighted by Crippen LogP contribution is -2.57. The summed E-state index contributed by atoms with van der Waals surface area (Å²) >= 11 is 0. The lowest BCUT2D eigenvalue weighted by Gasteiger charge is -2.45. The lowest BCUT2D eigenvalue weighted by atomic mass is 10.00. The van der Waals surface area contributed by atoms with E-state index in [1.165, 1.54) is 12.1 Å². The third-order valence-electron chi connectivity index (χ3n) is 4.58. The summed E-state index contributed by atoms with van der Waals surface area (Å²) in [4.78, 5) is 13.0. The summed E-state index contributed by atoms with van der Waals surface area (Å²) in [6.07, 6.45) is 1.28. The van der Waals surface area contributed by atoms with Crippen molar-refractivity contribution in [2.75, 3.05) is 31.2 Å². The normalized spacial score (nSPS) is 22.2. The van der Waals surface area contributed by atoms with Crippen LogP contribution in [0.3, 0.4) is 0 Å². The van der Waals surface area contributed by atoms with E-state index in [9.17, 15) is 18.5 Å². The van der Waals surface area contributed by atoms with Crippen LogP contribution in [0.2, 0.25) is 0 Å². The maximum atomic E-state index is 11.6. The highest BCUT2D eigenvalue weighted by Gasteiger charge is 2.33. The molecule has 0 amide bonds. The molecule has 1 aromatic carbocycles. The average Bonchev–Trinajstić information content (AvgIpc) is 2.51. The fraction of sp³-hybridized carbons (Fsp3) is 0.647. The van der Waals surface area contributed by atoms with Gasteiger partial charge in [-0.2, -0.15) is 0 Å². The molecule has 0 unspecified atom stereocenters. The van der Waals surface area contributed by atoms with E-state index in [0.717, 1.165) is 25.4 Å². The second-order valence-electron chi connectivity index (χ2n) is 7.54. The number of nitro groups is 1. The Morgan fingerprint density at radius 2 is 1.88 bits per heavy atom. The number of nitro benzene ring substituents is 1. The maximum Gasteiger partial charge on any atom is 0.293 e. The van der Waals surface area contributed by atoms with Crippen LogP contribution in [0.1, 0.15) is 27.7 Å². The predicted molar refractivity (Wildman–Crippen MR) is 100 cm³/mol. The van der Waals surface area contributed by atoms with Crippen LogP contribution < -0.4 is 5.32 Å². The van der Waals surface area contributed by atoms with Crippen molar-refractivity contribution in [3.63, 3.8) is 0 Å². The topological polar surface area (TPSA) is 102 Å². The quantitative estimate of drug-likeness (QED) is 0.592. The molecule has 1 heterocycles. The molecule has 0 bridgehead atoms. The molecule has 0 aliphatic carbocycles. The largest absolute Gasteiger partial charge is 0.378 e. The minimum absolute atomic E-state index is 0.0650. The molecular weight excluding hydrogens is 358 g/mol. The number of anilines is 1. The zero-order valence-corrected chi connectivity index (χ0v) is 16.7. The van der Waals surface area contributed by atoms with Gasteiger partial charge < -0.3 is 10.1 Å². The first-order valence-corrected chi connectivity index (χ1v) is 10.4. The van der Waals surface area contributed by atoms with Gasteiger partial charge in [-0.05, 0) is 39.8 Å². The molecule has 1 fully saturated rings. The van der Waals surface area contributed by atoms with E-state index in [1.54, 1.807) is 0 Å². The Kier molecular flexibility index (Phi) is 5.94. The number of nitrogens with one attached hydrogen (secondary N) is 1. The molecular formula is C17H27N3O5S. The molecule has 0 saturated carbocycles. The first-order valence-electron chi connectivity index (χ1n) is 8.53. The monoisotopic (exact) mass is 385 g/mol. The van der Waals surface area contributed by atoms with Gasteiger partial charge in [0, 0.05) is 37.5 Å². The molecule has 8 nitrogen and oxygen atoms in total.